The van der Waals surface area contributed by atoms with E-state index in [2.05, 4.69) is 18.2 Å². The van der Waals surface area contributed by atoms with Crippen molar-refractivity contribution in [2.24, 2.45) is 0 Å². The molecule has 0 spiro atoms. The third-order valence-corrected chi connectivity index (χ3v) is 3.36. The largest absolute Gasteiger partial charge is 0.198 e. The van der Waals surface area contributed by atoms with E-state index in [0.717, 1.165) is 19.3 Å². The quantitative estimate of drug-likeness (QED) is 0.628. The van der Waals surface area contributed by atoms with E-state index in [0.29, 0.717) is 19.3 Å². The summed E-state index contributed by atoms with van der Waals surface area (Å²) in [6.45, 7) is 0. The van der Waals surface area contributed by atoms with Crippen LogP contribution in [0.3, 0.4) is 0 Å². The maximum absolute atomic E-state index is 8.50. The summed E-state index contributed by atoms with van der Waals surface area (Å²) in [6, 6.07) is 6.34. The van der Waals surface area contributed by atoms with Crippen molar-refractivity contribution in [1.82, 2.24) is 0 Å². The standard InChI is InChI=1S/C10H14N3P/c11-7-1-4-10(14,5-2-8-12)6-3-9-13/h1-6,14H2/p+1. The Bertz CT molecular complexity index is 234. The monoisotopic (exact) mass is 208 g/mol. The summed E-state index contributed by atoms with van der Waals surface area (Å²) in [4.78, 5) is 0. The lowest BCUT2D eigenvalue weighted by Gasteiger charge is -2.21. The normalized spacial score (nSPS) is 10.1. The number of rotatable bonds is 6. The van der Waals surface area contributed by atoms with E-state index in [-0.39, 0.29) is 5.16 Å². The highest BCUT2D eigenvalue weighted by Crippen LogP contribution is 2.34. The molecule has 0 heterocycles. The highest BCUT2D eigenvalue weighted by Gasteiger charge is 2.28. The molecule has 74 valence electrons. The maximum atomic E-state index is 8.50. The molecule has 0 amide bonds. The summed E-state index contributed by atoms with van der Waals surface area (Å²) in [5.41, 5.74) is 0. The second-order valence-corrected chi connectivity index (χ2v) is 4.97. The molecule has 1 atom stereocenters. The Morgan fingerprint density at radius 3 is 1.29 bits per heavy atom. The summed E-state index contributed by atoms with van der Waals surface area (Å²) in [5.74, 6) is 0. The smallest absolute Gasteiger partial charge is 0.0761 e. The van der Waals surface area contributed by atoms with E-state index in [1.54, 1.807) is 0 Å². The number of hydrogen-bond donors (Lipinski definition) is 0. The fraction of sp³-hybridized carbons (Fsp3) is 0.700. The van der Waals surface area contributed by atoms with Gasteiger partial charge in [-0.3, -0.25) is 0 Å². The van der Waals surface area contributed by atoms with Gasteiger partial charge in [-0.15, -0.1) is 0 Å². The molecular weight excluding hydrogens is 193 g/mol. The molecule has 0 aliphatic heterocycles. The molecule has 14 heavy (non-hydrogen) atoms. The highest BCUT2D eigenvalue weighted by molar-refractivity contribution is 7.19. The Morgan fingerprint density at radius 2 is 1.07 bits per heavy atom. The van der Waals surface area contributed by atoms with Crippen LogP contribution in [0, 0.1) is 34.0 Å². The average Bonchev–Trinajstić information content (AvgIpc) is 2.21. The number of nitriles is 3. The first-order valence-electron chi connectivity index (χ1n) is 4.65. The topological polar surface area (TPSA) is 71.4 Å². The fourth-order valence-electron chi connectivity index (χ4n) is 1.34. The Labute approximate surface area is 87.5 Å². The molecule has 0 rings (SSSR count). The SMILES string of the molecule is N#CCCC([PH3+])(CCC#N)CCC#N. The molecule has 0 saturated carbocycles. The molecule has 3 nitrogen and oxygen atoms in total. The van der Waals surface area contributed by atoms with Gasteiger partial charge >= 0.3 is 0 Å². The van der Waals surface area contributed by atoms with Gasteiger partial charge in [-0.25, -0.2) is 0 Å². The molecule has 0 aromatic heterocycles. The van der Waals surface area contributed by atoms with Crippen molar-refractivity contribution < 1.29 is 0 Å². The van der Waals surface area contributed by atoms with Gasteiger partial charge in [0.1, 0.15) is 0 Å². The average molecular weight is 208 g/mol. The summed E-state index contributed by atoms with van der Waals surface area (Å²) in [5, 5.41) is 25.5. The van der Waals surface area contributed by atoms with E-state index in [1.165, 1.54) is 0 Å². The highest BCUT2D eigenvalue weighted by atomic mass is 31.0. The van der Waals surface area contributed by atoms with Crippen molar-refractivity contribution in [2.45, 2.75) is 43.7 Å². The van der Waals surface area contributed by atoms with Crippen molar-refractivity contribution in [2.75, 3.05) is 0 Å². The third kappa shape index (κ3) is 5.53. The molecular formula is C10H15N3P+. The van der Waals surface area contributed by atoms with E-state index < -0.39 is 0 Å². The second kappa shape index (κ2) is 7.32. The Kier molecular flexibility index (Phi) is 6.74. The number of nitrogens with zero attached hydrogens (tertiary/aromatic N) is 3. The lowest BCUT2D eigenvalue weighted by Crippen LogP contribution is -2.20. The minimum Gasteiger partial charge on any atom is -0.198 e. The van der Waals surface area contributed by atoms with E-state index in [1.807, 2.05) is 9.24 Å². The summed E-state index contributed by atoms with van der Waals surface area (Å²) < 4.78 is 0. The molecule has 0 aliphatic rings. The molecule has 0 saturated heterocycles. The van der Waals surface area contributed by atoms with Gasteiger partial charge < -0.3 is 0 Å². The van der Waals surface area contributed by atoms with Crippen LogP contribution >= 0.6 is 9.24 Å². The Hall–Kier alpha value is -1.10. The van der Waals surface area contributed by atoms with Crippen LogP contribution in [-0.2, 0) is 0 Å². The van der Waals surface area contributed by atoms with Crippen LogP contribution in [0.4, 0.5) is 0 Å². The van der Waals surface area contributed by atoms with Crippen molar-refractivity contribution in [3.63, 3.8) is 0 Å². The van der Waals surface area contributed by atoms with Crippen LogP contribution in [0.15, 0.2) is 0 Å². The summed E-state index contributed by atoms with van der Waals surface area (Å²) in [7, 11) is 1.84. The first-order valence-corrected chi connectivity index (χ1v) is 5.35. The third-order valence-electron chi connectivity index (χ3n) is 2.30. The van der Waals surface area contributed by atoms with Gasteiger partial charge in [-0.05, 0) is 28.5 Å². The van der Waals surface area contributed by atoms with Crippen LogP contribution in [0.1, 0.15) is 38.5 Å². The lowest BCUT2D eigenvalue weighted by atomic mass is 9.92. The van der Waals surface area contributed by atoms with E-state index in [9.17, 15) is 0 Å². The van der Waals surface area contributed by atoms with Gasteiger partial charge in [-0.2, -0.15) is 15.8 Å². The minimum atomic E-state index is 0.0151. The van der Waals surface area contributed by atoms with Gasteiger partial charge in [-0.1, -0.05) is 0 Å². The van der Waals surface area contributed by atoms with Crippen LogP contribution < -0.4 is 0 Å². The molecule has 0 bridgehead atoms. The zero-order valence-corrected chi connectivity index (χ0v) is 9.71. The summed E-state index contributed by atoms with van der Waals surface area (Å²) in [6.07, 6.45) is 3.93. The molecule has 1 unspecified atom stereocenters. The molecule has 0 radical (unpaired) electrons. The van der Waals surface area contributed by atoms with Crippen LogP contribution in [0.25, 0.3) is 0 Å². The lowest BCUT2D eigenvalue weighted by molar-refractivity contribution is 0.483. The van der Waals surface area contributed by atoms with Gasteiger partial charge in [0, 0.05) is 19.3 Å². The van der Waals surface area contributed by atoms with Gasteiger partial charge in [0.15, 0.2) is 0 Å². The Morgan fingerprint density at radius 1 is 0.786 bits per heavy atom. The predicted molar refractivity (Wildman–Crippen MR) is 58.4 cm³/mol. The fourth-order valence-corrected chi connectivity index (χ4v) is 1.87. The Balaban J connectivity index is 4.13. The van der Waals surface area contributed by atoms with Crippen molar-refractivity contribution >= 4 is 9.24 Å². The molecule has 0 aromatic carbocycles. The van der Waals surface area contributed by atoms with Crippen molar-refractivity contribution in [1.29, 1.82) is 15.8 Å². The maximum Gasteiger partial charge on any atom is 0.0761 e. The zero-order valence-electron chi connectivity index (χ0n) is 8.29. The van der Waals surface area contributed by atoms with Crippen LogP contribution in [-0.4, -0.2) is 5.16 Å². The second-order valence-electron chi connectivity index (χ2n) is 3.47. The van der Waals surface area contributed by atoms with E-state index in [4.69, 9.17) is 15.8 Å². The molecule has 0 fully saturated rings. The predicted octanol–water partition coefficient (Wildman–Crippen LogP) is 2.24. The van der Waals surface area contributed by atoms with Crippen molar-refractivity contribution in [3.8, 4) is 18.2 Å². The van der Waals surface area contributed by atoms with Gasteiger partial charge in [0.2, 0.25) is 0 Å². The molecule has 0 aromatic rings. The molecule has 4 heteroatoms. The minimum absolute atomic E-state index is 0.0151. The first kappa shape index (κ1) is 12.9. The number of hydrogen-bond acceptors (Lipinski definition) is 3. The van der Waals surface area contributed by atoms with Crippen LogP contribution in [0.5, 0.6) is 0 Å². The van der Waals surface area contributed by atoms with Gasteiger partial charge in [0.25, 0.3) is 0 Å². The van der Waals surface area contributed by atoms with Crippen molar-refractivity contribution in [3.05, 3.63) is 0 Å². The molecule has 0 aliphatic carbocycles. The van der Waals surface area contributed by atoms with E-state index >= 15 is 0 Å². The molecule has 0 N–H and O–H groups in total. The summed E-state index contributed by atoms with van der Waals surface area (Å²) >= 11 is 0. The zero-order chi connectivity index (χ0) is 10.9. The van der Waals surface area contributed by atoms with Crippen LogP contribution in [0.2, 0.25) is 0 Å². The first-order chi connectivity index (χ1) is 6.68. The van der Waals surface area contributed by atoms with Gasteiger partial charge in [0.05, 0.1) is 23.4 Å².